The molecule has 0 saturated heterocycles. The first-order valence-electron chi connectivity index (χ1n) is 3.96. The first-order valence-corrected chi connectivity index (χ1v) is 3.26. The van der Waals surface area contributed by atoms with E-state index in [-0.39, 0.29) is 16.1 Å². The minimum absolute atomic E-state index is 0.0242. The Kier molecular flexibility index (Phi) is 1.05. The number of nitrogens with zero attached hydrogens (tertiary/aromatic N) is 3. The zero-order chi connectivity index (χ0) is 10.2. The summed E-state index contributed by atoms with van der Waals surface area (Å²) in [5.41, 5.74) is 0.0242. The van der Waals surface area contributed by atoms with Crippen LogP contribution in [0.1, 0.15) is 21.5 Å². The molecule has 1 heterocycles. The van der Waals surface area contributed by atoms with E-state index in [0.717, 1.165) is 0 Å². The molecule has 4 nitrogen and oxygen atoms in total. The van der Waals surface area contributed by atoms with Crippen molar-refractivity contribution in [3.8, 4) is 0 Å². The van der Waals surface area contributed by atoms with Crippen molar-refractivity contribution in [3.05, 3.63) is 10.3 Å². The van der Waals surface area contributed by atoms with Gasteiger partial charge in [-0.05, 0) is 15.9 Å². The fourth-order valence-electron chi connectivity index (χ4n) is 0.505. The van der Waals surface area contributed by atoms with Crippen LogP contribution in [0.5, 0.6) is 0 Å². The maximum absolute atomic E-state index is 10.9. The lowest BCUT2D eigenvalue weighted by molar-refractivity contribution is 0.101. The van der Waals surface area contributed by atoms with Crippen molar-refractivity contribution in [1.29, 1.82) is 0 Å². The van der Waals surface area contributed by atoms with Gasteiger partial charge in [-0.15, -0.1) is 10.2 Å². The highest BCUT2D eigenvalue weighted by Gasteiger charge is 2.09. The molecule has 0 aliphatic heterocycles. The van der Waals surface area contributed by atoms with Crippen LogP contribution in [0.25, 0.3) is 0 Å². The zero-order valence-corrected chi connectivity index (χ0v) is 6.71. The zero-order valence-electron chi connectivity index (χ0n) is 8.13. The molecule has 0 atom stereocenters. The van der Waals surface area contributed by atoms with Gasteiger partial charge in [0.25, 0.3) is 0 Å². The number of aryl methyl sites for hydroxylation is 1. The van der Waals surface area contributed by atoms with E-state index in [1.807, 2.05) is 0 Å². The van der Waals surface area contributed by atoms with Gasteiger partial charge in [-0.2, -0.15) is 4.80 Å². The molecule has 0 N–H and O–H groups in total. The van der Waals surface area contributed by atoms with E-state index in [1.165, 1.54) is 6.92 Å². The quantitative estimate of drug-likeness (QED) is 0.639. The number of ketones is 1. The highest BCUT2D eigenvalue weighted by molar-refractivity contribution is 9.10. The second-order valence-corrected chi connectivity index (χ2v) is 2.44. The first kappa shape index (κ1) is 4.23. The summed E-state index contributed by atoms with van der Waals surface area (Å²) in [6.45, 7) is -1.16. The number of halogens is 1. The van der Waals surface area contributed by atoms with Gasteiger partial charge < -0.3 is 0 Å². The molecule has 0 aliphatic carbocycles. The molecule has 0 spiro atoms. The van der Waals surface area contributed by atoms with Crippen LogP contribution in [0.15, 0.2) is 4.60 Å². The Balaban J connectivity index is 3.17. The average Bonchev–Trinajstić information content (AvgIpc) is 2.29. The summed E-state index contributed by atoms with van der Waals surface area (Å²) < 4.78 is 21.0. The molecule has 0 bridgehead atoms. The minimum Gasteiger partial charge on any atom is -0.293 e. The Morgan fingerprint density at radius 2 is 2.50 bits per heavy atom. The lowest BCUT2D eigenvalue weighted by atomic mass is 10.3. The summed E-state index contributed by atoms with van der Waals surface area (Å²) in [6.07, 6.45) is 0. The van der Waals surface area contributed by atoms with Crippen molar-refractivity contribution in [3.63, 3.8) is 0 Å². The van der Waals surface area contributed by atoms with Crippen LogP contribution in [-0.4, -0.2) is 20.8 Å². The van der Waals surface area contributed by atoms with E-state index in [4.69, 9.17) is 4.11 Å². The summed E-state index contributed by atoms with van der Waals surface area (Å²) in [4.78, 5) is 11.4. The van der Waals surface area contributed by atoms with Crippen molar-refractivity contribution >= 4 is 21.7 Å². The summed E-state index contributed by atoms with van der Waals surface area (Å²) in [7, 11) is 0. The molecule has 1 aromatic rings. The predicted octanol–water partition coefficient (Wildman–Crippen LogP) is 0.780. The van der Waals surface area contributed by atoms with Crippen molar-refractivity contribution in [2.75, 3.05) is 0 Å². The van der Waals surface area contributed by atoms with Crippen LogP contribution in [0.3, 0.4) is 0 Å². The SMILES string of the molecule is [2H]C([2H])([2H])n1nc(Br)c(C(C)=O)n1. The summed E-state index contributed by atoms with van der Waals surface area (Å²) in [5.74, 6) is -0.331. The van der Waals surface area contributed by atoms with Gasteiger partial charge in [0.05, 0.1) is 0 Å². The first-order chi connectivity index (χ1) is 5.82. The molecule has 5 heteroatoms. The number of carbonyl (C=O) groups is 1. The van der Waals surface area contributed by atoms with Gasteiger partial charge >= 0.3 is 0 Å². The Morgan fingerprint density at radius 3 is 2.80 bits per heavy atom. The molecule has 10 heavy (non-hydrogen) atoms. The summed E-state index contributed by atoms with van der Waals surface area (Å²) >= 11 is 2.94. The third-order valence-electron chi connectivity index (χ3n) is 0.906. The van der Waals surface area contributed by atoms with E-state index in [0.29, 0.717) is 4.80 Å². The average molecular weight is 207 g/mol. The van der Waals surface area contributed by atoms with Gasteiger partial charge in [0.15, 0.2) is 16.1 Å². The third kappa shape index (κ3) is 1.23. The molecule has 0 aromatic carbocycles. The van der Waals surface area contributed by atoms with Crippen molar-refractivity contribution in [1.82, 2.24) is 15.0 Å². The van der Waals surface area contributed by atoms with Gasteiger partial charge in [-0.3, -0.25) is 4.79 Å². The fraction of sp³-hybridized carbons (Fsp3) is 0.400. The van der Waals surface area contributed by atoms with E-state index in [9.17, 15) is 4.79 Å². The Labute approximate surface area is 70.6 Å². The smallest absolute Gasteiger partial charge is 0.182 e. The van der Waals surface area contributed by atoms with E-state index in [2.05, 4.69) is 26.1 Å². The van der Waals surface area contributed by atoms with Crippen LogP contribution >= 0.6 is 15.9 Å². The van der Waals surface area contributed by atoms with E-state index < -0.39 is 6.98 Å². The number of hydrogen-bond donors (Lipinski definition) is 0. The van der Waals surface area contributed by atoms with Crippen LogP contribution in [0.2, 0.25) is 0 Å². The van der Waals surface area contributed by atoms with Gasteiger partial charge in [0.1, 0.15) is 0 Å². The molecule has 0 aliphatic rings. The second-order valence-electron chi connectivity index (χ2n) is 1.69. The second kappa shape index (κ2) is 2.49. The fourth-order valence-corrected chi connectivity index (χ4v) is 1.01. The van der Waals surface area contributed by atoms with E-state index in [1.54, 1.807) is 0 Å². The lowest BCUT2D eigenvalue weighted by Crippen LogP contribution is -1.96. The highest BCUT2D eigenvalue weighted by atomic mass is 79.9. The Morgan fingerprint density at radius 1 is 1.80 bits per heavy atom. The normalized spacial score (nSPS) is 15.6. The predicted molar refractivity (Wildman–Crippen MR) is 38.7 cm³/mol. The monoisotopic (exact) mass is 206 g/mol. The molecule has 0 unspecified atom stereocenters. The number of Topliss-reactive ketones (excluding diaryl/α,β-unsaturated/α-hetero) is 1. The molecule has 1 rings (SSSR count). The Bertz CT molecular complexity index is 345. The molecule has 0 amide bonds. The van der Waals surface area contributed by atoms with Gasteiger partial charge in [0, 0.05) is 18.0 Å². The van der Waals surface area contributed by atoms with Gasteiger partial charge in [0.2, 0.25) is 0 Å². The third-order valence-corrected chi connectivity index (χ3v) is 1.44. The summed E-state index contributed by atoms with van der Waals surface area (Å²) in [6, 6.07) is 0. The van der Waals surface area contributed by atoms with Crippen molar-refractivity contribution in [2.24, 2.45) is 6.98 Å². The number of hydrogen-bond acceptors (Lipinski definition) is 3. The van der Waals surface area contributed by atoms with Crippen molar-refractivity contribution in [2.45, 2.75) is 6.92 Å². The number of carbonyl (C=O) groups excluding carboxylic acids is 1. The highest BCUT2D eigenvalue weighted by Crippen LogP contribution is 2.09. The standard InChI is InChI=1S/C5H6BrN3O/c1-3(10)4-5(6)8-9(2)7-4/h1-2H3/i2D3. The molecule has 0 fully saturated rings. The molecular weight excluding hydrogens is 198 g/mol. The summed E-state index contributed by atoms with van der Waals surface area (Å²) in [5, 5.41) is 7.07. The molecule has 0 saturated carbocycles. The van der Waals surface area contributed by atoms with Crippen LogP contribution in [0, 0.1) is 0 Å². The molecule has 54 valence electrons. The number of aromatic nitrogens is 3. The molecule has 0 radical (unpaired) electrons. The number of rotatable bonds is 1. The van der Waals surface area contributed by atoms with E-state index >= 15 is 0 Å². The van der Waals surface area contributed by atoms with Crippen LogP contribution in [-0.2, 0) is 6.98 Å². The molecule has 1 aromatic heterocycles. The molecular formula is C5H6BrN3O. The maximum atomic E-state index is 10.9. The Hall–Kier alpha value is -0.710. The van der Waals surface area contributed by atoms with Crippen LogP contribution < -0.4 is 0 Å². The maximum Gasteiger partial charge on any atom is 0.182 e. The van der Waals surface area contributed by atoms with Gasteiger partial charge in [-0.25, -0.2) is 0 Å². The largest absolute Gasteiger partial charge is 0.293 e. The van der Waals surface area contributed by atoms with Crippen molar-refractivity contribution < 1.29 is 8.91 Å². The van der Waals surface area contributed by atoms with Gasteiger partial charge in [-0.1, -0.05) is 0 Å². The lowest BCUT2D eigenvalue weighted by Gasteiger charge is -1.82. The van der Waals surface area contributed by atoms with Crippen LogP contribution in [0.4, 0.5) is 0 Å². The topological polar surface area (TPSA) is 47.8 Å². The minimum atomic E-state index is -2.45.